The summed E-state index contributed by atoms with van der Waals surface area (Å²) in [5.74, 6) is -6.47. The molecule has 0 aliphatic carbocycles. The Labute approximate surface area is 102 Å². The predicted molar refractivity (Wildman–Crippen MR) is 53.7 cm³/mol. The molecule has 0 unspecified atom stereocenters. The number of carboxylic acid groups (broad SMARTS) is 1. The topological polar surface area (TPSA) is 94.0 Å². The SMILES string of the molecule is Nc1nnc(SCC(=O)O)n1CC(F)(F)C(F)F. The van der Waals surface area contributed by atoms with Crippen LogP contribution in [0.4, 0.5) is 23.5 Å². The van der Waals surface area contributed by atoms with Gasteiger partial charge in [-0.25, -0.2) is 8.78 Å². The van der Waals surface area contributed by atoms with E-state index < -0.39 is 36.6 Å². The molecule has 6 nitrogen and oxygen atoms in total. The van der Waals surface area contributed by atoms with Crippen molar-refractivity contribution < 1.29 is 27.5 Å². The van der Waals surface area contributed by atoms with Gasteiger partial charge in [0.25, 0.3) is 0 Å². The zero-order chi connectivity index (χ0) is 13.9. The lowest BCUT2D eigenvalue weighted by molar-refractivity contribution is -0.138. The largest absolute Gasteiger partial charge is 0.481 e. The Kier molecular flexibility index (Phi) is 4.38. The first-order chi connectivity index (χ1) is 8.24. The molecule has 18 heavy (non-hydrogen) atoms. The molecule has 0 fully saturated rings. The van der Waals surface area contributed by atoms with Crippen LogP contribution < -0.4 is 5.73 Å². The normalized spacial score (nSPS) is 12.1. The van der Waals surface area contributed by atoms with E-state index in [1.807, 2.05) is 0 Å². The first-order valence-electron chi connectivity index (χ1n) is 4.43. The van der Waals surface area contributed by atoms with Crippen molar-refractivity contribution in [3.63, 3.8) is 0 Å². The van der Waals surface area contributed by atoms with Gasteiger partial charge in [0.2, 0.25) is 5.95 Å². The number of anilines is 1. The third-order valence-corrected chi connectivity index (χ3v) is 2.71. The highest BCUT2D eigenvalue weighted by molar-refractivity contribution is 7.99. The molecule has 102 valence electrons. The Balaban J connectivity index is 2.87. The minimum Gasteiger partial charge on any atom is -0.481 e. The highest BCUT2D eigenvalue weighted by Gasteiger charge is 2.42. The van der Waals surface area contributed by atoms with Gasteiger partial charge in [-0.2, -0.15) is 8.78 Å². The molecular weight excluding hydrogens is 280 g/mol. The van der Waals surface area contributed by atoms with E-state index in [9.17, 15) is 22.4 Å². The Morgan fingerprint density at radius 1 is 1.50 bits per heavy atom. The van der Waals surface area contributed by atoms with Gasteiger partial charge in [0.1, 0.15) is 0 Å². The molecule has 0 saturated carbocycles. The number of nitrogens with two attached hydrogens (primary N) is 1. The zero-order valence-corrected chi connectivity index (χ0v) is 9.50. The summed E-state index contributed by atoms with van der Waals surface area (Å²) >= 11 is 0.560. The molecule has 0 radical (unpaired) electrons. The van der Waals surface area contributed by atoms with Crippen LogP contribution in [0.15, 0.2) is 5.16 Å². The molecule has 1 aromatic rings. The highest BCUT2D eigenvalue weighted by atomic mass is 32.2. The molecule has 1 rings (SSSR count). The number of nitrogens with zero attached hydrogens (tertiary/aromatic N) is 3. The molecule has 0 bridgehead atoms. The van der Waals surface area contributed by atoms with Gasteiger partial charge in [0.15, 0.2) is 5.16 Å². The van der Waals surface area contributed by atoms with E-state index in [0.717, 1.165) is 0 Å². The van der Waals surface area contributed by atoms with Crippen LogP contribution in [0.1, 0.15) is 0 Å². The quantitative estimate of drug-likeness (QED) is 0.597. The Bertz CT molecular complexity index is 439. The number of rotatable bonds is 6. The summed E-state index contributed by atoms with van der Waals surface area (Å²) in [5.41, 5.74) is 5.21. The monoisotopic (exact) mass is 288 g/mol. The molecule has 0 saturated heterocycles. The fraction of sp³-hybridized carbons (Fsp3) is 0.571. The molecule has 0 amide bonds. The number of carboxylic acids is 1. The number of hydrogen-bond donors (Lipinski definition) is 2. The Morgan fingerprint density at radius 3 is 2.61 bits per heavy atom. The molecule has 0 aliphatic rings. The molecule has 11 heteroatoms. The van der Waals surface area contributed by atoms with Crippen molar-refractivity contribution >= 4 is 23.7 Å². The highest BCUT2D eigenvalue weighted by Crippen LogP contribution is 2.28. The van der Waals surface area contributed by atoms with Crippen molar-refractivity contribution in [2.45, 2.75) is 24.0 Å². The Morgan fingerprint density at radius 2 is 2.11 bits per heavy atom. The third-order valence-electron chi connectivity index (χ3n) is 1.76. The molecule has 0 spiro atoms. The van der Waals surface area contributed by atoms with Gasteiger partial charge in [-0.3, -0.25) is 9.36 Å². The number of aromatic nitrogens is 3. The van der Waals surface area contributed by atoms with Crippen molar-refractivity contribution in [2.24, 2.45) is 0 Å². The fourth-order valence-corrected chi connectivity index (χ4v) is 1.63. The van der Waals surface area contributed by atoms with Crippen LogP contribution in [-0.4, -0.2) is 43.9 Å². The third kappa shape index (κ3) is 3.48. The first kappa shape index (κ1) is 14.5. The number of alkyl halides is 4. The van der Waals surface area contributed by atoms with E-state index in [1.54, 1.807) is 0 Å². The maximum atomic E-state index is 12.9. The van der Waals surface area contributed by atoms with Crippen molar-refractivity contribution in [3.05, 3.63) is 0 Å². The number of nitrogen functional groups attached to an aromatic ring is 1. The Hall–Kier alpha value is -1.52. The van der Waals surface area contributed by atoms with Crippen LogP contribution in [-0.2, 0) is 11.3 Å². The molecule has 1 heterocycles. The second kappa shape index (κ2) is 5.42. The van der Waals surface area contributed by atoms with Gasteiger partial charge >= 0.3 is 18.3 Å². The fourth-order valence-electron chi connectivity index (χ4n) is 0.961. The number of halogens is 4. The van der Waals surface area contributed by atoms with Crippen LogP contribution in [0.25, 0.3) is 0 Å². The van der Waals surface area contributed by atoms with E-state index >= 15 is 0 Å². The summed E-state index contributed by atoms with van der Waals surface area (Å²) in [6.07, 6.45) is -3.86. The summed E-state index contributed by atoms with van der Waals surface area (Å²) < 4.78 is 50.3. The van der Waals surface area contributed by atoms with Crippen molar-refractivity contribution in [3.8, 4) is 0 Å². The molecular formula is C7H8F4N4O2S. The van der Waals surface area contributed by atoms with E-state index in [2.05, 4.69) is 10.2 Å². The minimum atomic E-state index is -4.30. The number of hydrogen-bond acceptors (Lipinski definition) is 5. The van der Waals surface area contributed by atoms with Gasteiger partial charge in [-0.15, -0.1) is 10.2 Å². The number of thioether (sulfide) groups is 1. The predicted octanol–water partition coefficient (Wildman–Crippen LogP) is 0.937. The average Bonchev–Trinajstić information content (AvgIpc) is 2.57. The van der Waals surface area contributed by atoms with Gasteiger partial charge < -0.3 is 10.8 Å². The van der Waals surface area contributed by atoms with Gasteiger partial charge in [0.05, 0.1) is 12.3 Å². The van der Waals surface area contributed by atoms with Crippen LogP contribution in [0, 0.1) is 0 Å². The second-order valence-corrected chi connectivity index (χ2v) is 4.11. The standard InChI is InChI=1S/C7H8F4N4O2S/c8-4(9)7(10,11)2-15-5(12)13-14-6(15)18-1-3(16)17/h4H,1-2H2,(H2,12,13)(H,16,17). The van der Waals surface area contributed by atoms with Crippen LogP contribution >= 0.6 is 11.8 Å². The summed E-state index contributed by atoms with van der Waals surface area (Å²) in [4.78, 5) is 10.3. The molecule has 0 atom stereocenters. The average molecular weight is 288 g/mol. The van der Waals surface area contributed by atoms with Crippen molar-refractivity contribution in [2.75, 3.05) is 11.5 Å². The van der Waals surface area contributed by atoms with E-state index in [0.29, 0.717) is 16.3 Å². The number of aliphatic carboxylic acids is 1. The zero-order valence-electron chi connectivity index (χ0n) is 8.69. The smallest absolute Gasteiger partial charge is 0.325 e. The van der Waals surface area contributed by atoms with E-state index in [1.165, 1.54) is 0 Å². The minimum absolute atomic E-state index is 0.254. The molecule has 0 aromatic carbocycles. The van der Waals surface area contributed by atoms with Crippen LogP contribution in [0.3, 0.4) is 0 Å². The van der Waals surface area contributed by atoms with E-state index in [-0.39, 0.29) is 5.16 Å². The van der Waals surface area contributed by atoms with Gasteiger partial charge in [-0.05, 0) is 0 Å². The molecule has 1 aromatic heterocycles. The maximum absolute atomic E-state index is 12.9. The van der Waals surface area contributed by atoms with Crippen LogP contribution in [0.5, 0.6) is 0 Å². The summed E-state index contributed by atoms with van der Waals surface area (Å²) in [6.45, 7) is -1.41. The number of carbonyl (C=O) groups is 1. The lowest BCUT2D eigenvalue weighted by Gasteiger charge is -2.17. The molecule has 3 N–H and O–H groups in total. The van der Waals surface area contributed by atoms with Gasteiger partial charge in [-0.1, -0.05) is 11.8 Å². The lowest BCUT2D eigenvalue weighted by Crippen LogP contribution is -2.32. The summed E-state index contributed by atoms with van der Waals surface area (Å²) in [5, 5.41) is 14.7. The van der Waals surface area contributed by atoms with Crippen LogP contribution in [0.2, 0.25) is 0 Å². The summed E-state index contributed by atoms with van der Waals surface area (Å²) in [7, 11) is 0. The maximum Gasteiger partial charge on any atom is 0.325 e. The first-order valence-corrected chi connectivity index (χ1v) is 5.42. The van der Waals surface area contributed by atoms with Crippen molar-refractivity contribution in [1.82, 2.24) is 14.8 Å². The second-order valence-electron chi connectivity index (χ2n) is 3.17. The van der Waals surface area contributed by atoms with E-state index in [4.69, 9.17) is 10.8 Å². The van der Waals surface area contributed by atoms with Crippen molar-refractivity contribution in [1.29, 1.82) is 0 Å². The van der Waals surface area contributed by atoms with Gasteiger partial charge in [0, 0.05) is 0 Å². The summed E-state index contributed by atoms with van der Waals surface area (Å²) in [6, 6.07) is 0. The molecule has 0 aliphatic heterocycles. The lowest BCUT2D eigenvalue weighted by atomic mass is 10.3.